The number of nitrogens with two attached hydrogens (primary N) is 2. The number of halogens is 1. The van der Waals surface area contributed by atoms with Crippen molar-refractivity contribution < 1.29 is 4.79 Å². The van der Waals surface area contributed by atoms with Crippen molar-refractivity contribution in [3.63, 3.8) is 0 Å². The van der Waals surface area contributed by atoms with Crippen LogP contribution in [0.15, 0.2) is 24.7 Å². The first kappa shape index (κ1) is 18.3. The molecule has 1 aliphatic heterocycles. The van der Waals surface area contributed by atoms with Crippen LogP contribution >= 0.6 is 11.6 Å². The predicted octanol–water partition coefficient (Wildman–Crippen LogP) is 0.946. The fourth-order valence-corrected chi connectivity index (χ4v) is 3.34. The van der Waals surface area contributed by atoms with E-state index in [9.17, 15) is 4.79 Å². The highest BCUT2D eigenvalue weighted by molar-refractivity contribution is 6.30. The smallest absolute Gasteiger partial charge is 0.263 e. The molecule has 5 N–H and O–H groups in total. The second-order valence-electron chi connectivity index (χ2n) is 6.67. The summed E-state index contributed by atoms with van der Waals surface area (Å²) in [6.45, 7) is 3.48. The van der Waals surface area contributed by atoms with Gasteiger partial charge in [-0.15, -0.1) is 5.10 Å². The van der Waals surface area contributed by atoms with E-state index in [4.69, 9.17) is 23.1 Å². The molecule has 28 heavy (non-hydrogen) atoms. The minimum absolute atomic E-state index is 0.0665. The lowest BCUT2D eigenvalue weighted by Crippen LogP contribution is -2.44. The third-order valence-corrected chi connectivity index (χ3v) is 4.89. The van der Waals surface area contributed by atoms with E-state index in [1.54, 1.807) is 12.3 Å². The Bertz CT molecular complexity index is 1040. The van der Waals surface area contributed by atoms with Crippen LogP contribution < -0.4 is 21.7 Å². The highest BCUT2D eigenvalue weighted by atomic mass is 35.5. The maximum absolute atomic E-state index is 13.0. The lowest BCUT2D eigenvalue weighted by atomic mass is 10.2. The summed E-state index contributed by atoms with van der Waals surface area (Å²) in [5, 5.41) is 7.37. The minimum Gasteiger partial charge on any atom is -0.384 e. The van der Waals surface area contributed by atoms with Crippen LogP contribution in [0.25, 0.3) is 5.65 Å². The lowest BCUT2D eigenvalue weighted by molar-refractivity contribution is 0.102. The second kappa shape index (κ2) is 7.13. The molecule has 3 aromatic heterocycles. The Morgan fingerprint density at radius 1 is 1.18 bits per heavy atom. The Morgan fingerprint density at radius 3 is 2.68 bits per heavy atom. The van der Waals surface area contributed by atoms with Crippen molar-refractivity contribution in [1.82, 2.24) is 24.5 Å². The molecule has 0 atom stereocenters. The number of piperazine rings is 1. The van der Waals surface area contributed by atoms with Crippen molar-refractivity contribution in [2.24, 2.45) is 0 Å². The zero-order chi connectivity index (χ0) is 19.8. The zero-order valence-corrected chi connectivity index (χ0v) is 16.0. The number of aromatic nitrogens is 4. The van der Waals surface area contributed by atoms with E-state index in [1.807, 2.05) is 0 Å². The molecule has 0 unspecified atom stereocenters. The average molecular weight is 402 g/mol. The lowest BCUT2D eigenvalue weighted by Gasteiger charge is -2.35. The van der Waals surface area contributed by atoms with Crippen LogP contribution in [-0.2, 0) is 0 Å². The molecule has 146 valence electrons. The first-order valence-electron chi connectivity index (χ1n) is 8.72. The topological polar surface area (TPSA) is 131 Å². The number of fused-ring (bicyclic) bond motifs is 1. The molecule has 0 radical (unpaired) electrons. The van der Waals surface area contributed by atoms with Gasteiger partial charge in [0, 0.05) is 38.4 Å². The van der Waals surface area contributed by atoms with Gasteiger partial charge in [-0.3, -0.25) is 4.79 Å². The number of nitrogen functional groups attached to an aromatic ring is 2. The highest BCUT2D eigenvalue weighted by Gasteiger charge is 2.23. The Kier molecular flexibility index (Phi) is 4.65. The molecule has 4 heterocycles. The summed E-state index contributed by atoms with van der Waals surface area (Å²) < 4.78 is 1.38. The Balaban J connectivity index is 1.66. The SMILES string of the molecule is CN1CCN(c2cc(N)ncc2NC(=O)c2c(N)nn3cc(Cl)cnc23)CC1. The molecule has 1 saturated heterocycles. The molecular weight excluding hydrogens is 382 g/mol. The third kappa shape index (κ3) is 3.39. The van der Waals surface area contributed by atoms with Gasteiger partial charge in [0.2, 0.25) is 0 Å². The number of hydrogen-bond acceptors (Lipinski definition) is 8. The molecular formula is C17H20ClN9O. The molecule has 3 aromatic rings. The van der Waals surface area contributed by atoms with Crippen molar-refractivity contribution in [1.29, 1.82) is 0 Å². The first-order chi connectivity index (χ1) is 13.4. The summed E-state index contributed by atoms with van der Waals surface area (Å²) in [7, 11) is 2.08. The number of nitrogens with zero attached hydrogens (tertiary/aromatic N) is 6. The molecule has 0 saturated carbocycles. The van der Waals surface area contributed by atoms with Crippen LogP contribution in [0.5, 0.6) is 0 Å². The molecule has 0 bridgehead atoms. The van der Waals surface area contributed by atoms with Crippen LogP contribution in [0, 0.1) is 0 Å². The van der Waals surface area contributed by atoms with Crippen molar-refractivity contribution in [2.75, 3.05) is 54.9 Å². The summed E-state index contributed by atoms with van der Waals surface area (Å²) in [5.74, 6) is 0.0276. The van der Waals surface area contributed by atoms with Gasteiger partial charge >= 0.3 is 0 Å². The molecule has 0 spiro atoms. The van der Waals surface area contributed by atoms with Crippen LogP contribution in [0.2, 0.25) is 5.02 Å². The molecule has 11 heteroatoms. The minimum atomic E-state index is -0.427. The summed E-state index contributed by atoms with van der Waals surface area (Å²) in [4.78, 5) is 25.7. The van der Waals surface area contributed by atoms with Gasteiger partial charge < -0.3 is 26.6 Å². The summed E-state index contributed by atoms with van der Waals surface area (Å²) in [6, 6.07) is 1.76. The number of anilines is 4. The van der Waals surface area contributed by atoms with Crippen molar-refractivity contribution in [2.45, 2.75) is 0 Å². The molecule has 10 nitrogen and oxygen atoms in total. The van der Waals surface area contributed by atoms with Crippen LogP contribution in [0.1, 0.15) is 10.4 Å². The van der Waals surface area contributed by atoms with Gasteiger partial charge in [0.1, 0.15) is 11.4 Å². The Labute approximate surface area is 166 Å². The largest absolute Gasteiger partial charge is 0.384 e. The number of amides is 1. The van der Waals surface area contributed by atoms with Gasteiger partial charge in [-0.2, -0.15) is 0 Å². The van der Waals surface area contributed by atoms with E-state index in [-0.39, 0.29) is 11.4 Å². The normalized spacial score (nSPS) is 15.1. The number of hydrogen-bond donors (Lipinski definition) is 3. The van der Waals surface area contributed by atoms with Gasteiger partial charge in [0.25, 0.3) is 5.91 Å². The predicted molar refractivity (Wildman–Crippen MR) is 109 cm³/mol. The molecule has 0 aliphatic carbocycles. The first-order valence-corrected chi connectivity index (χ1v) is 9.10. The van der Waals surface area contributed by atoms with Crippen molar-refractivity contribution in [3.05, 3.63) is 35.2 Å². The molecule has 1 fully saturated rings. The Morgan fingerprint density at radius 2 is 1.93 bits per heavy atom. The van der Waals surface area contributed by atoms with Gasteiger partial charge in [-0.25, -0.2) is 14.5 Å². The van der Waals surface area contributed by atoms with Gasteiger partial charge in [0.15, 0.2) is 11.5 Å². The van der Waals surface area contributed by atoms with Crippen LogP contribution in [0.3, 0.4) is 0 Å². The van der Waals surface area contributed by atoms with Crippen LogP contribution in [-0.4, -0.2) is 63.6 Å². The number of pyridine rings is 1. The molecule has 1 amide bonds. The fourth-order valence-electron chi connectivity index (χ4n) is 3.20. The molecule has 0 aromatic carbocycles. The van der Waals surface area contributed by atoms with Crippen LogP contribution in [0.4, 0.5) is 23.0 Å². The van der Waals surface area contributed by atoms with Gasteiger partial charge in [-0.1, -0.05) is 11.6 Å². The highest BCUT2D eigenvalue weighted by Crippen LogP contribution is 2.29. The van der Waals surface area contributed by atoms with Gasteiger partial charge in [0.05, 0.1) is 28.8 Å². The number of rotatable bonds is 3. The maximum atomic E-state index is 13.0. The summed E-state index contributed by atoms with van der Waals surface area (Å²) >= 11 is 5.93. The second-order valence-corrected chi connectivity index (χ2v) is 7.11. The number of carbonyl (C=O) groups is 1. The monoisotopic (exact) mass is 401 g/mol. The standard InChI is InChI=1S/C17H20ClN9O/c1-25-2-4-26(5-3-25)12-6-13(19)21-8-11(12)23-17(28)14-15(20)24-27-9-10(18)7-22-16(14)27/h6-9H,2-5H2,1H3,(H2,19,21)(H2,20,24)(H,23,28). The zero-order valence-electron chi connectivity index (χ0n) is 15.3. The fraction of sp³-hybridized carbons (Fsp3) is 0.294. The molecule has 1 aliphatic rings. The number of likely N-dealkylation sites (N-methyl/N-ethyl adjacent to an activating group) is 1. The van der Waals surface area contributed by atoms with Gasteiger partial charge in [-0.05, 0) is 7.05 Å². The van der Waals surface area contributed by atoms with E-state index in [2.05, 4.69) is 37.2 Å². The summed E-state index contributed by atoms with van der Waals surface area (Å²) in [6.07, 6.45) is 4.53. The third-order valence-electron chi connectivity index (χ3n) is 4.69. The average Bonchev–Trinajstić information content (AvgIpc) is 2.98. The quantitative estimate of drug-likeness (QED) is 0.591. The van der Waals surface area contributed by atoms with E-state index >= 15 is 0 Å². The van der Waals surface area contributed by atoms with E-state index in [1.165, 1.54) is 16.9 Å². The van der Waals surface area contributed by atoms with Crippen molar-refractivity contribution >= 4 is 46.2 Å². The van der Waals surface area contributed by atoms with E-state index < -0.39 is 5.91 Å². The number of nitrogens with one attached hydrogen (secondary N) is 1. The van der Waals surface area contributed by atoms with Crippen molar-refractivity contribution in [3.8, 4) is 0 Å². The van der Waals surface area contributed by atoms with E-state index in [0.29, 0.717) is 22.2 Å². The molecule has 4 rings (SSSR count). The Hall–Kier alpha value is -3.11. The maximum Gasteiger partial charge on any atom is 0.263 e. The summed E-state index contributed by atoms with van der Waals surface area (Å²) in [5.41, 5.74) is 13.7. The number of carbonyl (C=O) groups excluding carboxylic acids is 1. The van der Waals surface area contributed by atoms with E-state index in [0.717, 1.165) is 31.9 Å².